The number of likely N-dealkylation sites (tertiary alicyclic amines) is 1. The van der Waals surface area contributed by atoms with Gasteiger partial charge in [0.05, 0.1) is 26.7 Å². The van der Waals surface area contributed by atoms with Crippen LogP contribution < -0.4 is 14.8 Å². The second-order valence-electron chi connectivity index (χ2n) is 11.3. The van der Waals surface area contributed by atoms with Gasteiger partial charge in [0.1, 0.15) is 18.1 Å². The maximum Gasteiger partial charge on any atom is 0.278 e. The van der Waals surface area contributed by atoms with E-state index in [0.29, 0.717) is 6.61 Å². The summed E-state index contributed by atoms with van der Waals surface area (Å²) in [5.41, 5.74) is 2.41. The Morgan fingerprint density at radius 1 is 0.725 bits per heavy atom. The third kappa shape index (κ3) is 9.71. The van der Waals surface area contributed by atoms with E-state index in [0.717, 1.165) is 73.5 Å². The number of amides is 1. The molecular weight excluding hydrogens is 496 g/mol. The van der Waals surface area contributed by atoms with Crippen LogP contribution >= 0.6 is 0 Å². The molecule has 0 aromatic heterocycles. The molecule has 1 N–H and O–H groups in total. The number of rotatable bonds is 17. The predicted molar refractivity (Wildman–Crippen MR) is 163 cm³/mol. The van der Waals surface area contributed by atoms with Crippen LogP contribution in [0.3, 0.4) is 0 Å². The molecule has 1 amide bonds. The van der Waals surface area contributed by atoms with E-state index in [-0.39, 0.29) is 11.9 Å². The van der Waals surface area contributed by atoms with Crippen LogP contribution in [-0.2, 0) is 17.8 Å². The zero-order chi connectivity index (χ0) is 27.9. The third-order valence-electron chi connectivity index (χ3n) is 8.13. The van der Waals surface area contributed by atoms with Crippen LogP contribution in [0.15, 0.2) is 84.9 Å². The average molecular weight is 544 g/mol. The minimum absolute atomic E-state index is 0.00270. The molecular formula is C35H47N2O3+. The summed E-state index contributed by atoms with van der Waals surface area (Å²) in [6.07, 6.45) is 10.1. The van der Waals surface area contributed by atoms with Crippen LogP contribution in [0.25, 0.3) is 0 Å². The van der Waals surface area contributed by atoms with Crippen LogP contribution in [0, 0.1) is 0 Å². The molecule has 5 heteroatoms. The number of unbranched alkanes of at least 4 members (excludes halogenated alkanes) is 5. The van der Waals surface area contributed by atoms with E-state index in [2.05, 4.69) is 48.8 Å². The molecule has 214 valence electrons. The lowest BCUT2D eigenvalue weighted by Gasteiger charge is -2.37. The van der Waals surface area contributed by atoms with Crippen molar-refractivity contribution in [1.29, 1.82) is 0 Å². The molecule has 3 aromatic rings. The van der Waals surface area contributed by atoms with Crippen LogP contribution in [0.1, 0.15) is 62.5 Å². The topological polar surface area (TPSA) is 47.6 Å². The van der Waals surface area contributed by atoms with Crippen molar-refractivity contribution in [1.82, 2.24) is 5.32 Å². The fourth-order valence-electron chi connectivity index (χ4n) is 5.63. The molecule has 5 nitrogen and oxygen atoms in total. The minimum atomic E-state index is 0.00270. The van der Waals surface area contributed by atoms with Crippen molar-refractivity contribution >= 4 is 5.91 Å². The zero-order valence-electron chi connectivity index (χ0n) is 24.2. The third-order valence-corrected chi connectivity index (χ3v) is 8.13. The SMILES string of the molecule is C[N+]1(C(Cc2ccccc2)C(=O)NCCCCCCCCOc2ccc(OCc3ccccc3)cc2)CCCC1. The second-order valence-corrected chi connectivity index (χ2v) is 11.3. The Hall–Kier alpha value is -3.31. The van der Waals surface area contributed by atoms with E-state index < -0.39 is 0 Å². The molecule has 1 aliphatic heterocycles. The van der Waals surface area contributed by atoms with Gasteiger partial charge in [-0.05, 0) is 48.2 Å². The average Bonchev–Trinajstić information content (AvgIpc) is 3.44. The van der Waals surface area contributed by atoms with Crippen molar-refractivity contribution in [3.63, 3.8) is 0 Å². The summed E-state index contributed by atoms with van der Waals surface area (Å²) < 4.78 is 12.6. The first-order valence-electron chi connectivity index (χ1n) is 15.2. The predicted octanol–water partition coefficient (Wildman–Crippen LogP) is 6.95. The van der Waals surface area contributed by atoms with Crippen molar-refractivity contribution in [2.75, 3.05) is 33.3 Å². The van der Waals surface area contributed by atoms with Crippen molar-refractivity contribution in [3.05, 3.63) is 96.1 Å². The summed E-state index contributed by atoms with van der Waals surface area (Å²) in [6.45, 7) is 4.28. The fraction of sp³-hybridized carbons (Fsp3) is 0.457. The van der Waals surface area contributed by atoms with Gasteiger partial charge in [0.25, 0.3) is 5.91 Å². The molecule has 1 unspecified atom stereocenters. The molecule has 0 saturated carbocycles. The number of ether oxygens (including phenoxy) is 2. The molecule has 0 bridgehead atoms. The fourth-order valence-corrected chi connectivity index (χ4v) is 5.63. The summed E-state index contributed by atoms with van der Waals surface area (Å²) in [6, 6.07) is 28.5. The van der Waals surface area contributed by atoms with Gasteiger partial charge in [0.15, 0.2) is 6.04 Å². The largest absolute Gasteiger partial charge is 0.494 e. The molecule has 1 atom stereocenters. The van der Waals surface area contributed by atoms with E-state index in [1.807, 2.05) is 48.5 Å². The summed E-state index contributed by atoms with van der Waals surface area (Å²) in [5.74, 6) is 1.96. The monoisotopic (exact) mass is 543 g/mol. The highest BCUT2D eigenvalue weighted by Crippen LogP contribution is 2.24. The first-order chi connectivity index (χ1) is 19.6. The quantitative estimate of drug-likeness (QED) is 0.148. The molecule has 40 heavy (non-hydrogen) atoms. The Labute approximate surface area is 241 Å². The second kappa shape index (κ2) is 16.1. The van der Waals surface area contributed by atoms with Gasteiger partial charge in [-0.2, -0.15) is 0 Å². The van der Waals surface area contributed by atoms with Gasteiger partial charge < -0.3 is 19.3 Å². The molecule has 1 heterocycles. The first kappa shape index (κ1) is 29.7. The minimum Gasteiger partial charge on any atom is -0.494 e. The molecule has 1 fully saturated rings. The Kier molecular flexibility index (Phi) is 11.9. The highest BCUT2D eigenvalue weighted by molar-refractivity contribution is 5.81. The van der Waals surface area contributed by atoms with Gasteiger partial charge in [-0.3, -0.25) is 4.79 Å². The van der Waals surface area contributed by atoms with Crippen molar-refractivity contribution in [3.8, 4) is 11.5 Å². The number of carbonyl (C=O) groups is 1. The Bertz CT molecular complexity index is 1110. The highest BCUT2D eigenvalue weighted by atomic mass is 16.5. The van der Waals surface area contributed by atoms with E-state index >= 15 is 0 Å². The van der Waals surface area contributed by atoms with Crippen molar-refractivity contribution in [2.45, 2.75) is 70.4 Å². The Morgan fingerprint density at radius 3 is 1.93 bits per heavy atom. The van der Waals surface area contributed by atoms with Crippen LogP contribution in [0.5, 0.6) is 11.5 Å². The highest BCUT2D eigenvalue weighted by Gasteiger charge is 2.40. The van der Waals surface area contributed by atoms with E-state index in [9.17, 15) is 4.79 Å². The molecule has 4 rings (SSSR count). The summed E-state index contributed by atoms with van der Waals surface area (Å²) in [5, 5.41) is 3.27. The van der Waals surface area contributed by atoms with Gasteiger partial charge in [-0.15, -0.1) is 0 Å². The van der Waals surface area contributed by atoms with E-state index in [1.165, 1.54) is 37.7 Å². The number of quaternary nitrogens is 1. The lowest BCUT2D eigenvalue weighted by atomic mass is 10.0. The summed E-state index contributed by atoms with van der Waals surface area (Å²) in [4.78, 5) is 13.2. The maximum atomic E-state index is 13.2. The van der Waals surface area contributed by atoms with Gasteiger partial charge in [0.2, 0.25) is 0 Å². The molecule has 0 aliphatic carbocycles. The molecule has 3 aromatic carbocycles. The molecule has 1 aliphatic rings. The number of carbonyl (C=O) groups excluding carboxylic acids is 1. The van der Waals surface area contributed by atoms with Crippen LogP contribution in [-0.4, -0.2) is 49.7 Å². The molecule has 1 saturated heterocycles. The van der Waals surface area contributed by atoms with Crippen LogP contribution in [0.2, 0.25) is 0 Å². The lowest BCUT2D eigenvalue weighted by Crippen LogP contribution is -2.58. The lowest BCUT2D eigenvalue weighted by molar-refractivity contribution is -0.913. The number of benzene rings is 3. The van der Waals surface area contributed by atoms with Gasteiger partial charge in [-0.25, -0.2) is 0 Å². The van der Waals surface area contributed by atoms with Gasteiger partial charge in [0, 0.05) is 25.8 Å². The molecule has 0 radical (unpaired) electrons. The van der Waals surface area contributed by atoms with Gasteiger partial charge in [-0.1, -0.05) is 86.3 Å². The van der Waals surface area contributed by atoms with E-state index in [1.54, 1.807) is 0 Å². The number of hydrogen-bond acceptors (Lipinski definition) is 3. The number of likely N-dealkylation sites (N-methyl/N-ethyl adjacent to an activating group) is 1. The van der Waals surface area contributed by atoms with Crippen LogP contribution in [0.4, 0.5) is 0 Å². The number of hydrogen-bond donors (Lipinski definition) is 1. The standard InChI is InChI=1S/C35H46N2O3/c1-37(25-13-14-26-37)34(28-30-16-8-6-9-17-30)35(38)36-24-12-4-2-3-5-15-27-39-32-20-22-33(23-21-32)40-29-31-18-10-7-11-19-31/h6-11,16-23,34H,2-5,12-15,24-29H2,1H3/p+1. The van der Waals surface area contributed by atoms with Crippen molar-refractivity contribution in [2.24, 2.45) is 0 Å². The first-order valence-corrected chi connectivity index (χ1v) is 15.2. The normalized spacial score (nSPS) is 14.9. The molecule has 0 spiro atoms. The Morgan fingerprint density at radius 2 is 1.27 bits per heavy atom. The zero-order valence-corrected chi connectivity index (χ0v) is 24.2. The smallest absolute Gasteiger partial charge is 0.278 e. The maximum absolute atomic E-state index is 13.2. The number of nitrogens with zero attached hydrogens (tertiary/aromatic N) is 1. The summed E-state index contributed by atoms with van der Waals surface area (Å²) >= 11 is 0. The summed E-state index contributed by atoms with van der Waals surface area (Å²) in [7, 11) is 2.26. The van der Waals surface area contributed by atoms with Gasteiger partial charge >= 0.3 is 0 Å². The van der Waals surface area contributed by atoms with Crippen molar-refractivity contribution < 1.29 is 18.8 Å². The number of nitrogens with one attached hydrogen (secondary N) is 1. The van der Waals surface area contributed by atoms with E-state index in [4.69, 9.17) is 9.47 Å². The Balaban J connectivity index is 1.04.